The highest BCUT2D eigenvalue weighted by atomic mass is 35.7. The zero-order chi connectivity index (χ0) is 12.6. The van der Waals surface area contributed by atoms with Crippen LogP contribution >= 0.6 is 10.7 Å². The molecule has 0 saturated heterocycles. The van der Waals surface area contributed by atoms with Crippen molar-refractivity contribution in [2.75, 3.05) is 0 Å². The lowest BCUT2D eigenvalue weighted by Gasteiger charge is -2.01. The topological polar surface area (TPSA) is 52.0 Å². The molecular formula is C9H5ClF2N2O2S. The molecule has 0 spiro atoms. The fourth-order valence-electron chi connectivity index (χ4n) is 1.27. The van der Waals surface area contributed by atoms with Crippen LogP contribution in [0.3, 0.4) is 0 Å². The van der Waals surface area contributed by atoms with E-state index in [9.17, 15) is 17.2 Å². The van der Waals surface area contributed by atoms with Crippen LogP contribution in [0.25, 0.3) is 5.69 Å². The SMILES string of the molecule is O=S(=O)(Cl)c1cnn(-c2cccc(F)c2)c1F. The van der Waals surface area contributed by atoms with E-state index in [2.05, 4.69) is 5.10 Å². The van der Waals surface area contributed by atoms with Gasteiger partial charge in [-0.25, -0.2) is 17.5 Å². The summed E-state index contributed by atoms with van der Waals surface area (Å²) in [5.74, 6) is -1.75. The third kappa shape index (κ3) is 2.29. The fraction of sp³-hybridized carbons (Fsp3) is 0. The van der Waals surface area contributed by atoms with Crippen LogP contribution in [0.2, 0.25) is 0 Å². The summed E-state index contributed by atoms with van der Waals surface area (Å²) in [5, 5.41) is 3.50. The van der Waals surface area contributed by atoms with Crippen LogP contribution in [0.4, 0.5) is 8.78 Å². The first-order chi connectivity index (χ1) is 7.89. The third-order valence-electron chi connectivity index (χ3n) is 2.00. The van der Waals surface area contributed by atoms with Gasteiger partial charge in [0.05, 0.1) is 11.9 Å². The minimum Gasteiger partial charge on any atom is -0.207 e. The zero-order valence-corrected chi connectivity index (χ0v) is 9.71. The summed E-state index contributed by atoms with van der Waals surface area (Å²) in [5.41, 5.74) is 0.0640. The van der Waals surface area contributed by atoms with E-state index in [1.54, 1.807) is 0 Å². The standard InChI is InChI=1S/C9H5ClF2N2O2S/c10-17(15,16)8-5-13-14(9(8)12)7-3-1-2-6(11)4-7/h1-5H. The van der Waals surface area contributed by atoms with Crippen molar-refractivity contribution < 1.29 is 17.2 Å². The molecule has 0 unspecified atom stereocenters. The minimum absolute atomic E-state index is 0.0640. The van der Waals surface area contributed by atoms with Crippen molar-refractivity contribution in [3.05, 3.63) is 42.2 Å². The smallest absolute Gasteiger partial charge is 0.207 e. The van der Waals surface area contributed by atoms with Crippen molar-refractivity contribution in [1.29, 1.82) is 0 Å². The molecule has 0 saturated carbocycles. The Morgan fingerprint density at radius 2 is 2.00 bits per heavy atom. The van der Waals surface area contributed by atoms with Crippen molar-refractivity contribution in [1.82, 2.24) is 9.78 Å². The average Bonchev–Trinajstić information content (AvgIpc) is 2.59. The quantitative estimate of drug-likeness (QED) is 0.790. The Balaban J connectivity index is 2.60. The number of nitrogens with zero attached hydrogens (tertiary/aromatic N) is 2. The van der Waals surface area contributed by atoms with Gasteiger partial charge in [-0.15, -0.1) is 0 Å². The normalized spacial score (nSPS) is 11.7. The van der Waals surface area contributed by atoms with Crippen molar-refractivity contribution in [3.8, 4) is 5.69 Å². The Morgan fingerprint density at radius 3 is 2.53 bits per heavy atom. The second kappa shape index (κ2) is 4.08. The van der Waals surface area contributed by atoms with E-state index < -0.39 is 25.7 Å². The Hall–Kier alpha value is -1.47. The van der Waals surface area contributed by atoms with Gasteiger partial charge in [-0.3, -0.25) is 0 Å². The molecule has 8 heteroatoms. The lowest BCUT2D eigenvalue weighted by molar-refractivity contribution is 0.511. The minimum atomic E-state index is -4.21. The lowest BCUT2D eigenvalue weighted by atomic mass is 10.3. The van der Waals surface area contributed by atoms with E-state index in [0.717, 1.165) is 12.3 Å². The van der Waals surface area contributed by atoms with Gasteiger partial charge < -0.3 is 0 Å². The molecule has 0 aliphatic rings. The number of hydrogen-bond donors (Lipinski definition) is 0. The predicted octanol–water partition coefficient (Wildman–Crippen LogP) is 2.08. The number of benzene rings is 1. The summed E-state index contributed by atoms with van der Waals surface area (Å²) in [6.45, 7) is 0. The first-order valence-corrected chi connectivity index (χ1v) is 6.64. The second-order valence-corrected chi connectivity index (χ2v) is 5.66. The van der Waals surface area contributed by atoms with Gasteiger partial charge in [-0.05, 0) is 18.2 Å². The van der Waals surface area contributed by atoms with Gasteiger partial charge in [0.15, 0.2) is 4.90 Å². The molecule has 90 valence electrons. The van der Waals surface area contributed by atoms with Gasteiger partial charge in [0.25, 0.3) is 9.05 Å². The third-order valence-corrected chi connectivity index (χ3v) is 3.29. The average molecular weight is 279 g/mol. The summed E-state index contributed by atoms with van der Waals surface area (Å²) in [4.78, 5) is -0.747. The van der Waals surface area contributed by atoms with Gasteiger partial charge in [0.2, 0.25) is 5.95 Å². The van der Waals surface area contributed by atoms with Crippen LogP contribution in [0.15, 0.2) is 35.4 Å². The molecule has 0 aliphatic heterocycles. The molecule has 0 aliphatic carbocycles. The zero-order valence-electron chi connectivity index (χ0n) is 8.14. The molecule has 2 rings (SSSR count). The van der Waals surface area contributed by atoms with Gasteiger partial charge in [-0.1, -0.05) is 6.07 Å². The molecule has 0 amide bonds. The Bertz CT molecular complexity index is 669. The van der Waals surface area contributed by atoms with Crippen molar-refractivity contribution in [3.63, 3.8) is 0 Å². The predicted molar refractivity (Wildman–Crippen MR) is 56.5 cm³/mol. The maximum Gasteiger partial charge on any atom is 0.267 e. The summed E-state index contributed by atoms with van der Waals surface area (Å²) in [7, 11) is 0.790. The molecule has 0 bridgehead atoms. The van der Waals surface area contributed by atoms with Crippen molar-refractivity contribution in [2.24, 2.45) is 0 Å². The van der Waals surface area contributed by atoms with Crippen LogP contribution in [-0.4, -0.2) is 18.2 Å². The van der Waals surface area contributed by atoms with Gasteiger partial charge in [-0.2, -0.15) is 9.49 Å². The van der Waals surface area contributed by atoms with Crippen LogP contribution in [0.5, 0.6) is 0 Å². The van der Waals surface area contributed by atoms with Crippen LogP contribution in [0, 0.1) is 11.8 Å². The lowest BCUT2D eigenvalue weighted by Crippen LogP contribution is -2.02. The van der Waals surface area contributed by atoms with E-state index >= 15 is 0 Å². The van der Waals surface area contributed by atoms with Gasteiger partial charge >= 0.3 is 0 Å². The summed E-state index contributed by atoms with van der Waals surface area (Å²) in [6, 6.07) is 4.91. The fourth-order valence-corrected chi connectivity index (χ4v) is 2.04. The maximum absolute atomic E-state index is 13.7. The molecule has 0 atom stereocenters. The first kappa shape index (κ1) is 12.0. The molecule has 17 heavy (non-hydrogen) atoms. The molecule has 0 radical (unpaired) electrons. The van der Waals surface area contributed by atoms with Crippen molar-refractivity contribution >= 4 is 19.7 Å². The van der Waals surface area contributed by atoms with E-state index in [4.69, 9.17) is 10.7 Å². The van der Waals surface area contributed by atoms with Crippen LogP contribution in [-0.2, 0) is 9.05 Å². The second-order valence-electron chi connectivity index (χ2n) is 3.13. The van der Waals surface area contributed by atoms with Crippen molar-refractivity contribution in [2.45, 2.75) is 4.90 Å². The Kier molecular flexibility index (Phi) is 2.88. The number of hydrogen-bond acceptors (Lipinski definition) is 3. The molecule has 4 nitrogen and oxygen atoms in total. The number of aromatic nitrogens is 2. The van der Waals surface area contributed by atoms with Gasteiger partial charge in [0.1, 0.15) is 5.82 Å². The number of halogens is 3. The van der Waals surface area contributed by atoms with Gasteiger partial charge in [0, 0.05) is 10.7 Å². The highest BCUT2D eigenvalue weighted by molar-refractivity contribution is 8.13. The van der Waals surface area contributed by atoms with E-state index in [0.29, 0.717) is 4.68 Å². The molecule has 1 aromatic heterocycles. The van der Waals surface area contributed by atoms with E-state index in [-0.39, 0.29) is 5.69 Å². The molecule has 1 heterocycles. The summed E-state index contributed by atoms with van der Waals surface area (Å²) >= 11 is 0. The monoisotopic (exact) mass is 278 g/mol. The van der Waals surface area contributed by atoms with Crippen LogP contribution < -0.4 is 0 Å². The molecule has 0 N–H and O–H groups in total. The maximum atomic E-state index is 13.7. The van der Waals surface area contributed by atoms with E-state index in [1.165, 1.54) is 18.2 Å². The largest absolute Gasteiger partial charge is 0.267 e. The number of rotatable bonds is 2. The molecule has 0 fully saturated rings. The highest BCUT2D eigenvalue weighted by Gasteiger charge is 2.22. The van der Waals surface area contributed by atoms with Crippen LogP contribution in [0.1, 0.15) is 0 Å². The Morgan fingerprint density at radius 1 is 1.29 bits per heavy atom. The summed E-state index contributed by atoms with van der Waals surface area (Å²) < 4.78 is 49.2. The molecular weight excluding hydrogens is 274 g/mol. The highest BCUT2D eigenvalue weighted by Crippen LogP contribution is 2.21. The Labute approximate surface area is 99.9 Å². The molecule has 1 aromatic carbocycles. The van der Waals surface area contributed by atoms with E-state index in [1.807, 2.05) is 0 Å². The summed E-state index contributed by atoms with van der Waals surface area (Å²) in [6.07, 6.45) is 0.766. The molecule has 2 aromatic rings. The first-order valence-electron chi connectivity index (χ1n) is 4.34.